The third-order valence-corrected chi connectivity index (χ3v) is 8.04. The molecule has 2 unspecified atom stereocenters. The van der Waals surface area contributed by atoms with Crippen molar-refractivity contribution in [3.63, 3.8) is 0 Å². The summed E-state index contributed by atoms with van der Waals surface area (Å²) >= 11 is 1.31. The lowest BCUT2D eigenvalue weighted by molar-refractivity contribution is -0.117. The summed E-state index contributed by atoms with van der Waals surface area (Å²) in [6.45, 7) is 1.96. The largest absolute Gasteiger partial charge is 0.316 e. The summed E-state index contributed by atoms with van der Waals surface area (Å²) in [7, 11) is -3.14. The lowest BCUT2D eigenvalue weighted by Gasteiger charge is -2.24. The monoisotopic (exact) mass is 418 g/mol. The molecule has 146 valence electrons. The van der Waals surface area contributed by atoms with Gasteiger partial charge in [-0.25, -0.2) is 12.8 Å². The number of carbonyl (C=O) groups excluding carboxylic acids is 1. The van der Waals surface area contributed by atoms with E-state index in [4.69, 9.17) is 0 Å². The van der Waals surface area contributed by atoms with Gasteiger partial charge in [0.2, 0.25) is 0 Å². The van der Waals surface area contributed by atoms with Gasteiger partial charge in [0, 0.05) is 10.9 Å². The van der Waals surface area contributed by atoms with Crippen LogP contribution in [-0.4, -0.2) is 42.3 Å². The summed E-state index contributed by atoms with van der Waals surface area (Å²) in [4.78, 5) is 18.6. The number of fused-ring (bicyclic) bond motifs is 1. The molecular formula is C20H19FN2O3S2. The Labute approximate surface area is 167 Å². The van der Waals surface area contributed by atoms with Crippen LogP contribution in [0.1, 0.15) is 11.1 Å². The molecule has 2 aromatic carbocycles. The molecule has 0 radical (unpaired) electrons. The summed E-state index contributed by atoms with van der Waals surface area (Å²) in [6, 6.07) is 13.2. The minimum atomic E-state index is -3.14. The van der Waals surface area contributed by atoms with Crippen LogP contribution in [0.2, 0.25) is 0 Å². The van der Waals surface area contributed by atoms with Crippen LogP contribution in [0.3, 0.4) is 0 Å². The zero-order chi connectivity index (χ0) is 19.9. The first-order valence-corrected chi connectivity index (χ1v) is 11.6. The maximum absolute atomic E-state index is 13.3. The molecule has 2 aliphatic heterocycles. The molecule has 0 spiro atoms. The molecule has 0 saturated carbocycles. The molecule has 0 aromatic heterocycles. The molecule has 5 nitrogen and oxygen atoms in total. The van der Waals surface area contributed by atoms with Crippen molar-refractivity contribution in [3.05, 3.63) is 65.5 Å². The fraction of sp³-hybridized carbons (Fsp3) is 0.300. The number of sulfone groups is 1. The number of aryl methyl sites for hydroxylation is 1. The average molecular weight is 419 g/mol. The van der Waals surface area contributed by atoms with Gasteiger partial charge >= 0.3 is 0 Å². The zero-order valence-corrected chi connectivity index (χ0v) is 16.8. The van der Waals surface area contributed by atoms with Gasteiger partial charge in [0.1, 0.15) is 5.82 Å². The fourth-order valence-electron chi connectivity index (χ4n) is 3.61. The molecule has 0 N–H and O–H groups in total. The zero-order valence-electron chi connectivity index (χ0n) is 15.2. The summed E-state index contributed by atoms with van der Waals surface area (Å²) in [5.74, 6) is -0.596. The van der Waals surface area contributed by atoms with Crippen LogP contribution >= 0.6 is 11.8 Å². The molecular weight excluding hydrogens is 399 g/mol. The van der Waals surface area contributed by atoms with Gasteiger partial charge in [-0.1, -0.05) is 41.6 Å². The van der Waals surface area contributed by atoms with Crippen LogP contribution in [0.15, 0.2) is 53.5 Å². The van der Waals surface area contributed by atoms with Crippen molar-refractivity contribution in [2.75, 3.05) is 16.4 Å². The molecule has 0 aliphatic carbocycles. The predicted molar refractivity (Wildman–Crippen MR) is 110 cm³/mol. The van der Waals surface area contributed by atoms with E-state index in [-0.39, 0.29) is 40.9 Å². The first-order valence-electron chi connectivity index (χ1n) is 8.90. The topological polar surface area (TPSA) is 66.8 Å². The number of anilines is 1. The van der Waals surface area contributed by atoms with Crippen molar-refractivity contribution < 1.29 is 17.6 Å². The number of halogens is 1. The average Bonchev–Trinajstić information content (AvgIpc) is 3.06. The van der Waals surface area contributed by atoms with Crippen molar-refractivity contribution in [3.8, 4) is 0 Å². The molecule has 2 heterocycles. The summed E-state index contributed by atoms with van der Waals surface area (Å²) in [5, 5.41) is 0.301. The standard InChI is InChI=1S/C20H19FN2O3S2/c1-13-3-2-4-14(9-13)10-19(24)22-20-23(16-7-5-15(21)6-8-16)17-11-28(25,26)12-18(17)27-20/h2-9,17-18H,10-12H2,1H3. The van der Waals surface area contributed by atoms with Gasteiger partial charge in [-0.2, -0.15) is 4.99 Å². The van der Waals surface area contributed by atoms with Gasteiger partial charge in [0.05, 0.1) is 24.0 Å². The molecule has 1 amide bonds. The minimum absolute atomic E-state index is 0.00708. The fourth-order valence-corrected chi connectivity index (χ4v) is 7.54. The Morgan fingerprint density at radius 3 is 2.68 bits per heavy atom. The number of rotatable bonds is 3. The van der Waals surface area contributed by atoms with E-state index in [9.17, 15) is 17.6 Å². The van der Waals surface area contributed by atoms with Crippen LogP contribution < -0.4 is 4.90 Å². The smallest absolute Gasteiger partial charge is 0.252 e. The van der Waals surface area contributed by atoms with Crippen LogP contribution in [0.5, 0.6) is 0 Å². The Hall–Kier alpha value is -2.19. The lowest BCUT2D eigenvalue weighted by atomic mass is 10.1. The van der Waals surface area contributed by atoms with Crippen molar-refractivity contribution in [1.29, 1.82) is 0 Å². The summed E-state index contributed by atoms with van der Waals surface area (Å²) in [6.07, 6.45) is 0.177. The molecule has 4 rings (SSSR count). The molecule has 2 atom stereocenters. The lowest BCUT2D eigenvalue weighted by Crippen LogP contribution is -2.37. The first-order chi connectivity index (χ1) is 13.3. The number of thioether (sulfide) groups is 1. The molecule has 8 heteroatoms. The third kappa shape index (κ3) is 3.98. The van der Waals surface area contributed by atoms with Gasteiger partial charge in [0.25, 0.3) is 5.91 Å². The van der Waals surface area contributed by atoms with E-state index in [0.29, 0.717) is 10.9 Å². The van der Waals surface area contributed by atoms with Gasteiger partial charge in [-0.05, 0) is 36.8 Å². The number of carbonyl (C=O) groups is 1. The highest BCUT2D eigenvalue weighted by molar-refractivity contribution is 8.16. The van der Waals surface area contributed by atoms with Crippen molar-refractivity contribution >= 4 is 38.4 Å². The predicted octanol–water partition coefficient (Wildman–Crippen LogP) is 2.98. The highest BCUT2D eigenvalue weighted by Crippen LogP contribution is 2.41. The van der Waals surface area contributed by atoms with Gasteiger partial charge in [-0.3, -0.25) is 4.79 Å². The van der Waals surface area contributed by atoms with Crippen LogP contribution in [0, 0.1) is 12.7 Å². The second-order valence-electron chi connectivity index (χ2n) is 7.10. The number of amides is 1. The van der Waals surface area contributed by atoms with Crippen molar-refractivity contribution in [1.82, 2.24) is 0 Å². The van der Waals surface area contributed by atoms with Gasteiger partial charge in [-0.15, -0.1) is 0 Å². The van der Waals surface area contributed by atoms with E-state index in [1.165, 1.54) is 23.9 Å². The van der Waals surface area contributed by atoms with E-state index in [2.05, 4.69) is 4.99 Å². The Morgan fingerprint density at radius 1 is 1.21 bits per heavy atom. The molecule has 2 aliphatic rings. The quantitative estimate of drug-likeness (QED) is 0.767. The highest BCUT2D eigenvalue weighted by atomic mass is 32.2. The van der Waals surface area contributed by atoms with Crippen LogP contribution in [0.25, 0.3) is 0 Å². The number of hydrogen-bond acceptors (Lipinski definition) is 4. The first kappa shape index (κ1) is 19.1. The maximum atomic E-state index is 13.3. The van der Waals surface area contributed by atoms with E-state index < -0.39 is 9.84 Å². The summed E-state index contributed by atoms with van der Waals surface area (Å²) < 4.78 is 37.5. The van der Waals surface area contributed by atoms with Gasteiger partial charge in [0.15, 0.2) is 15.0 Å². The number of aliphatic imine (C=N–C) groups is 1. The maximum Gasteiger partial charge on any atom is 0.252 e. The molecule has 2 aromatic rings. The van der Waals surface area contributed by atoms with Crippen molar-refractivity contribution in [2.24, 2.45) is 4.99 Å². The Morgan fingerprint density at radius 2 is 1.96 bits per heavy atom. The Bertz CT molecular complexity index is 1050. The van der Waals surface area contributed by atoms with Crippen LogP contribution in [0.4, 0.5) is 10.1 Å². The second kappa shape index (κ2) is 7.33. The number of nitrogens with zero attached hydrogens (tertiary/aromatic N) is 2. The summed E-state index contributed by atoms with van der Waals surface area (Å²) in [5.41, 5.74) is 2.59. The third-order valence-electron chi connectivity index (χ3n) is 4.83. The Kier molecular flexibility index (Phi) is 5.01. The second-order valence-corrected chi connectivity index (χ2v) is 10.5. The number of amidine groups is 1. The Balaban J connectivity index is 1.63. The number of hydrogen-bond donors (Lipinski definition) is 0. The van der Waals surface area contributed by atoms with E-state index in [1.807, 2.05) is 31.2 Å². The number of benzene rings is 2. The van der Waals surface area contributed by atoms with E-state index in [1.54, 1.807) is 17.0 Å². The normalized spacial score (nSPS) is 24.5. The van der Waals surface area contributed by atoms with E-state index >= 15 is 0 Å². The van der Waals surface area contributed by atoms with Gasteiger partial charge < -0.3 is 4.90 Å². The molecule has 28 heavy (non-hydrogen) atoms. The molecule has 2 fully saturated rings. The minimum Gasteiger partial charge on any atom is -0.316 e. The van der Waals surface area contributed by atoms with Crippen LogP contribution in [-0.2, 0) is 21.1 Å². The molecule has 2 saturated heterocycles. The van der Waals surface area contributed by atoms with E-state index in [0.717, 1.165) is 11.1 Å². The van der Waals surface area contributed by atoms with Crippen molar-refractivity contribution in [2.45, 2.75) is 24.6 Å². The highest BCUT2D eigenvalue weighted by Gasteiger charge is 2.49. The molecule has 0 bridgehead atoms. The SMILES string of the molecule is Cc1cccc(CC(=O)N=C2SC3CS(=O)(=O)CC3N2c2ccc(F)cc2)c1.